The van der Waals surface area contributed by atoms with Crippen molar-refractivity contribution in [3.63, 3.8) is 0 Å². The molecule has 0 atom stereocenters. The Morgan fingerprint density at radius 1 is 1.10 bits per heavy atom. The van der Waals surface area contributed by atoms with Gasteiger partial charge in [-0.25, -0.2) is 21.6 Å². The summed E-state index contributed by atoms with van der Waals surface area (Å²) >= 11 is 5.58. The summed E-state index contributed by atoms with van der Waals surface area (Å²) in [5.41, 5.74) is 4.36. The average molecular weight is 337 g/mol. The summed E-state index contributed by atoms with van der Waals surface area (Å²) in [7, 11) is -4.53. The van der Waals surface area contributed by atoms with Crippen molar-refractivity contribution < 1.29 is 21.6 Å². The molecule has 2 rings (SSSR count). The highest BCUT2D eigenvalue weighted by Crippen LogP contribution is 2.30. The van der Waals surface area contributed by atoms with E-state index >= 15 is 0 Å². The molecule has 0 fully saturated rings. The molecule has 0 unspecified atom stereocenters. The summed E-state index contributed by atoms with van der Waals surface area (Å²) in [6.07, 6.45) is 0. The van der Waals surface area contributed by atoms with Gasteiger partial charge in [0.2, 0.25) is 0 Å². The van der Waals surface area contributed by atoms with Crippen molar-refractivity contribution in [3.8, 4) is 0 Å². The molecule has 0 aliphatic carbocycles. The van der Waals surface area contributed by atoms with Gasteiger partial charge in [0.1, 0.15) is 22.2 Å². The van der Waals surface area contributed by atoms with E-state index in [2.05, 4.69) is 0 Å². The molecule has 0 aliphatic heterocycles. The van der Waals surface area contributed by atoms with Gasteiger partial charge in [0.25, 0.3) is 10.0 Å². The fourth-order valence-corrected chi connectivity index (χ4v) is 3.21. The first-order valence-electron chi connectivity index (χ1n) is 5.43. The normalized spacial score (nSPS) is 11.4. The van der Waals surface area contributed by atoms with Gasteiger partial charge in [0, 0.05) is 6.07 Å². The number of hydrogen-bond donors (Lipinski definition) is 2. The van der Waals surface area contributed by atoms with Crippen LogP contribution >= 0.6 is 11.6 Å². The highest BCUT2D eigenvalue weighted by Gasteiger charge is 2.25. The Morgan fingerprint density at radius 2 is 1.76 bits per heavy atom. The Kier molecular flexibility index (Phi) is 4.02. The van der Waals surface area contributed by atoms with Gasteiger partial charge in [-0.2, -0.15) is 0 Å². The molecule has 0 saturated carbocycles. The lowest BCUT2D eigenvalue weighted by Gasteiger charge is -2.12. The Labute approximate surface area is 123 Å². The summed E-state index contributed by atoms with van der Waals surface area (Å²) in [6.45, 7) is 0. The van der Waals surface area contributed by atoms with Gasteiger partial charge in [-0.15, -0.1) is 0 Å². The van der Waals surface area contributed by atoms with Crippen LogP contribution in [0.2, 0.25) is 5.02 Å². The molecule has 2 aromatic rings. The van der Waals surface area contributed by atoms with E-state index in [1.807, 2.05) is 0 Å². The van der Waals surface area contributed by atoms with E-state index in [-0.39, 0.29) is 5.69 Å². The van der Waals surface area contributed by atoms with Crippen LogP contribution in [0.25, 0.3) is 0 Å². The zero-order valence-electron chi connectivity index (χ0n) is 10.2. The number of nitrogens with one attached hydrogen (secondary N) is 1. The average Bonchev–Trinajstić information content (AvgIpc) is 2.33. The van der Waals surface area contributed by atoms with Crippen LogP contribution in [0.3, 0.4) is 0 Å². The zero-order valence-corrected chi connectivity index (χ0v) is 11.8. The summed E-state index contributed by atoms with van der Waals surface area (Å²) in [5, 5.41) is -0.508. The van der Waals surface area contributed by atoms with Crippen molar-refractivity contribution in [1.82, 2.24) is 0 Å². The second-order valence-corrected chi connectivity index (χ2v) is 6.03. The molecule has 4 nitrogen and oxygen atoms in total. The highest BCUT2D eigenvalue weighted by atomic mass is 35.5. The quantitative estimate of drug-likeness (QED) is 0.846. The smallest absolute Gasteiger partial charge is 0.267 e. The summed E-state index contributed by atoms with van der Waals surface area (Å²) in [4.78, 5) is -0.843. The molecule has 21 heavy (non-hydrogen) atoms. The molecule has 0 aromatic heterocycles. The third-order valence-electron chi connectivity index (χ3n) is 2.51. The van der Waals surface area contributed by atoms with E-state index in [1.54, 1.807) is 4.72 Å². The maximum atomic E-state index is 13.6. The molecule has 0 radical (unpaired) electrons. The number of nitrogens with two attached hydrogens (primary N) is 1. The summed E-state index contributed by atoms with van der Waals surface area (Å²) in [5.74, 6) is -3.33. The van der Waals surface area contributed by atoms with E-state index in [9.17, 15) is 21.6 Å². The van der Waals surface area contributed by atoms with E-state index in [1.165, 1.54) is 12.1 Å². The lowest BCUT2D eigenvalue weighted by atomic mass is 10.3. The summed E-state index contributed by atoms with van der Waals surface area (Å²) in [6, 6.07) is 4.42. The number of halogens is 4. The highest BCUT2D eigenvalue weighted by molar-refractivity contribution is 7.93. The van der Waals surface area contributed by atoms with Crippen LogP contribution < -0.4 is 10.5 Å². The Bertz CT molecular complexity index is 769. The Balaban J connectivity index is 2.53. The monoisotopic (exact) mass is 336 g/mol. The van der Waals surface area contributed by atoms with Crippen LogP contribution in [-0.4, -0.2) is 8.42 Å². The number of nitrogen functional groups attached to an aromatic ring is 1. The van der Waals surface area contributed by atoms with Crippen LogP contribution in [0.4, 0.5) is 24.5 Å². The van der Waals surface area contributed by atoms with E-state index in [0.717, 1.165) is 6.07 Å². The van der Waals surface area contributed by atoms with Gasteiger partial charge < -0.3 is 5.73 Å². The number of hydrogen-bond acceptors (Lipinski definition) is 3. The first-order chi connectivity index (χ1) is 9.72. The van der Waals surface area contributed by atoms with Gasteiger partial charge >= 0.3 is 0 Å². The first kappa shape index (κ1) is 15.5. The number of anilines is 2. The molecule has 3 N–H and O–H groups in total. The molecule has 112 valence electrons. The molecule has 0 saturated heterocycles. The largest absolute Gasteiger partial charge is 0.398 e. The van der Waals surface area contributed by atoms with Crippen LogP contribution in [0.1, 0.15) is 0 Å². The third kappa shape index (κ3) is 3.06. The van der Waals surface area contributed by atoms with Gasteiger partial charge in [0.05, 0.1) is 10.7 Å². The number of benzene rings is 2. The standard InChI is InChI=1S/C12H8ClF3N2O2S/c13-7-4-6(14)5-9(16)11(7)18-21(19,20)12-8(15)2-1-3-10(12)17/h1-5,18H,17H2. The second-order valence-electron chi connectivity index (χ2n) is 4.01. The minimum Gasteiger partial charge on any atom is -0.398 e. The fraction of sp³-hybridized carbons (Fsp3) is 0. The fourth-order valence-electron chi connectivity index (χ4n) is 1.63. The number of rotatable bonds is 3. The molecule has 0 heterocycles. The zero-order chi connectivity index (χ0) is 15.8. The van der Waals surface area contributed by atoms with E-state index < -0.39 is 43.1 Å². The van der Waals surface area contributed by atoms with Gasteiger partial charge in [-0.3, -0.25) is 4.72 Å². The van der Waals surface area contributed by atoms with E-state index in [4.69, 9.17) is 17.3 Å². The van der Waals surface area contributed by atoms with Gasteiger partial charge in [-0.1, -0.05) is 17.7 Å². The van der Waals surface area contributed by atoms with E-state index in [0.29, 0.717) is 12.1 Å². The SMILES string of the molecule is Nc1cccc(F)c1S(=O)(=O)Nc1c(F)cc(F)cc1Cl. The van der Waals surface area contributed by atoms with Crippen LogP contribution in [-0.2, 0) is 10.0 Å². The molecular weight excluding hydrogens is 329 g/mol. The molecular formula is C12H8ClF3N2O2S. The van der Waals surface area contributed by atoms with Gasteiger partial charge in [-0.05, 0) is 18.2 Å². The minimum absolute atomic E-state index is 0.360. The maximum Gasteiger partial charge on any atom is 0.267 e. The van der Waals surface area contributed by atoms with Gasteiger partial charge in [0.15, 0.2) is 5.82 Å². The molecule has 0 spiro atoms. The second kappa shape index (κ2) is 5.45. The molecule has 2 aromatic carbocycles. The lowest BCUT2D eigenvalue weighted by Crippen LogP contribution is -2.17. The predicted molar refractivity (Wildman–Crippen MR) is 73.0 cm³/mol. The molecule has 0 aliphatic rings. The van der Waals surface area contributed by atoms with Crippen LogP contribution in [0, 0.1) is 17.5 Å². The Hall–Kier alpha value is -1.93. The minimum atomic E-state index is -4.53. The maximum absolute atomic E-state index is 13.6. The molecule has 0 bridgehead atoms. The first-order valence-corrected chi connectivity index (χ1v) is 7.30. The predicted octanol–water partition coefficient (Wildman–Crippen LogP) is 3.14. The molecule has 0 amide bonds. The van der Waals surface area contributed by atoms with Crippen molar-refractivity contribution in [1.29, 1.82) is 0 Å². The third-order valence-corrected chi connectivity index (χ3v) is 4.25. The van der Waals surface area contributed by atoms with Crippen molar-refractivity contribution in [2.75, 3.05) is 10.5 Å². The van der Waals surface area contributed by atoms with Crippen molar-refractivity contribution >= 4 is 33.0 Å². The summed E-state index contributed by atoms with van der Waals surface area (Å²) < 4.78 is 66.0. The molecule has 9 heteroatoms. The van der Waals surface area contributed by atoms with Crippen molar-refractivity contribution in [3.05, 3.63) is 52.8 Å². The van der Waals surface area contributed by atoms with Crippen LogP contribution in [0.5, 0.6) is 0 Å². The number of sulfonamides is 1. The topological polar surface area (TPSA) is 72.2 Å². The lowest BCUT2D eigenvalue weighted by molar-refractivity contribution is 0.569. The van der Waals surface area contributed by atoms with Crippen molar-refractivity contribution in [2.45, 2.75) is 4.90 Å². The van der Waals surface area contributed by atoms with Crippen molar-refractivity contribution in [2.24, 2.45) is 0 Å². The van der Waals surface area contributed by atoms with Crippen LogP contribution in [0.15, 0.2) is 35.2 Å². The Morgan fingerprint density at radius 3 is 2.33 bits per heavy atom.